The first-order chi connectivity index (χ1) is 7.72. The molecule has 0 heterocycles. The van der Waals surface area contributed by atoms with E-state index in [1.54, 1.807) is 12.1 Å². The van der Waals surface area contributed by atoms with E-state index in [2.05, 4.69) is 35.2 Å². The van der Waals surface area contributed by atoms with E-state index in [4.69, 9.17) is 14.7 Å². The molecule has 0 fully saturated rings. The lowest BCUT2D eigenvalue weighted by Gasteiger charge is -2.12. The zero-order valence-corrected chi connectivity index (χ0v) is 11.2. The zero-order valence-electron chi connectivity index (χ0n) is 9.00. The summed E-state index contributed by atoms with van der Waals surface area (Å²) in [4.78, 5) is 0. The summed E-state index contributed by atoms with van der Waals surface area (Å²) in [6.07, 6.45) is 1.63. The van der Waals surface area contributed by atoms with Crippen LogP contribution in [0.15, 0.2) is 24.8 Å². The molecular weight excluding hydrogens is 317 g/mol. The first kappa shape index (κ1) is 12.8. The molecule has 0 spiro atoms. The molecule has 1 aromatic carbocycles. The molecule has 0 atom stereocenters. The van der Waals surface area contributed by atoms with Crippen molar-refractivity contribution < 1.29 is 9.47 Å². The first-order valence-corrected chi connectivity index (χ1v) is 5.91. The number of benzene rings is 1. The van der Waals surface area contributed by atoms with Crippen LogP contribution in [0.2, 0.25) is 0 Å². The van der Waals surface area contributed by atoms with Crippen LogP contribution in [-0.4, -0.2) is 13.2 Å². The highest BCUT2D eigenvalue weighted by molar-refractivity contribution is 14.1. The molecule has 84 valence electrons. The molecule has 0 N–H and O–H groups in total. The highest BCUT2D eigenvalue weighted by atomic mass is 127. The van der Waals surface area contributed by atoms with Crippen LogP contribution in [0.5, 0.6) is 11.5 Å². The van der Waals surface area contributed by atoms with Crippen molar-refractivity contribution in [3.63, 3.8) is 0 Å². The maximum Gasteiger partial charge on any atom is 0.179 e. The molecule has 0 aromatic heterocycles. The predicted octanol–water partition coefficient (Wildman–Crippen LogP) is 3.13. The fourth-order valence-electron chi connectivity index (χ4n) is 1.21. The summed E-state index contributed by atoms with van der Waals surface area (Å²) < 4.78 is 11.8. The van der Waals surface area contributed by atoms with Gasteiger partial charge in [0, 0.05) is 3.57 Å². The number of rotatable bonds is 5. The van der Waals surface area contributed by atoms with E-state index < -0.39 is 0 Å². The molecule has 0 aliphatic heterocycles. The summed E-state index contributed by atoms with van der Waals surface area (Å²) in [5.74, 6) is 1.09. The van der Waals surface area contributed by atoms with Crippen molar-refractivity contribution in [3.8, 4) is 17.6 Å². The fraction of sp³-hybridized carbons (Fsp3) is 0.250. The summed E-state index contributed by atoms with van der Waals surface area (Å²) in [5, 5.41) is 9.02. The van der Waals surface area contributed by atoms with E-state index in [1.807, 2.05) is 13.0 Å². The monoisotopic (exact) mass is 329 g/mol. The zero-order chi connectivity index (χ0) is 12.0. The molecule has 0 aliphatic carbocycles. The van der Waals surface area contributed by atoms with E-state index in [0.717, 1.165) is 3.57 Å². The Bertz CT molecular complexity index is 424. The fourth-order valence-corrected chi connectivity index (χ4v) is 1.80. The van der Waals surface area contributed by atoms with E-state index in [1.165, 1.54) is 0 Å². The molecule has 0 unspecified atom stereocenters. The molecule has 0 bridgehead atoms. The second-order valence-corrected chi connectivity index (χ2v) is 4.17. The van der Waals surface area contributed by atoms with E-state index in [0.29, 0.717) is 30.3 Å². The lowest BCUT2D eigenvalue weighted by atomic mass is 10.2. The van der Waals surface area contributed by atoms with Crippen LogP contribution in [0.1, 0.15) is 12.5 Å². The number of nitriles is 1. The van der Waals surface area contributed by atoms with Gasteiger partial charge in [0.25, 0.3) is 0 Å². The van der Waals surface area contributed by atoms with Gasteiger partial charge in [-0.1, -0.05) is 12.7 Å². The van der Waals surface area contributed by atoms with Gasteiger partial charge in [0.1, 0.15) is 12.7 Å². The normalized spacial score (nSPS) is 9.31. The molecule has 0 radical (unpaired) electrons. The lowest BCUT2D eigenvalue weighted by Crippen LogP contribution is -2.01. The Balaban J connectivity index is 3.16. The Morgan fingerprint density at radius 2 is 2.25 bits per heavy atom. The van der Waals surface area contributed by atoms with Crippen molar-refractivity contribution in [3.05, 3.63) is 33.9 Å². The van der Waals surface area contributed by atoms with Crippen LogP contribution in [0.3, 0.4) is 0 Å². The molecule has 1 rings (SSSR count). The summed E-state index contributed by atoms with van der Waals surface area (Å²) in [6, 6.07) is 5.72. The molecule has 0 saturated carbocycles. The second kappa shape index (κ2) is 6.38. The molecule has 0 saturated heterocycles. The average molecular weight is 329 g/mol. The molecule has 16 heavy (non-hydrogen) atoms. The van der Waals surface area contributed by atoms with E-state index in [9.17, 15) is 0 Å². The number of nitrogens with zero attached hydrogens (tertiary/aromatic N) is 1. The van der Waals surface area contributed by atoms with Gasteiger partial charge in [-0.15, -0.1) is 0 Å². The van der Waals surface area contributed by atoms with Gasteiger partial charge in [-0.2, -0.15) is 5.26 Å². The predicted molar refractivity (Wildman–Crippen MR) is 70.7 cm³/mol. The van der Waals surface area contributed by atoms with Crippen LogP contribution in [-0.2, 0) is 0 Å². The third-order valence-corrected chi connectivity index (χ3v) is 2.41. The number of halogens is 1. The van der Waals surface area contributed by atoms with Crippen molar-refractivity contribution in [1.82, 2.24) is 0 Å². The molecular formula is C12H12INO2. The quantitative estimate of drug-likeness (QED) is 0.616. The summed E-state index contributed by atoms with van der Waals surface area (Å²) >= 11 is 2.14. The molecule has 3 nitrogen and oxygen atoms in total. The molecule has 0 aliphatic rings. The van der Waals surface area contributed by atoms with Gasteiger partial charge in [-0.05, 0) is 41.6 Å². The minimum Gasteiger partial charge on any atom is -0.490 e. The third-order valence-electron chi connectivity index (χ3n) is 1.79. The van der Waals surface area contributed by atoms with Crippen LogP contribution in [0.25, 0.3) is 0 Å². The van der Waals surface area contributed by atoms with Gasteiger partial charge >= 0.3 is 0 Å². The number of hydrogen-bond acceptors (Lipinski definition) is 3. The largest absolute Gasteiger partial charge is 0.490 e. The molecule has 4 heteroatoms. The van der Waals surface area contributed by atoms with Crippen molar-refractivity contribution in [2.45, 2.75) is 6.92 Å². The van der Waals surface area contributed by atoms with Gasteiger partial charge in [0.15, 0.2) is 11.5 Å². The van der Waals surface area contributed by atoms with E-state index >= 15 is 0 Å². The van der Waals surface area contributed by atoms with Gasteiger partial charge in [0.2, 0.25) is 0 Å². The topological polar surface area (TPSA) is 42.2 Å². The number of ether oxygens (including phenoxy) is 2. The van der Waals surface area contributed by atoms with Crippen molar-refractivity contribution >= 4 is 22.6 Å². The van der Waals surface area contributed by atoms with Crippen LogP contribution >= 0.6 is 22.6 Å². The maximum absolute atomic E-state index is 9.02. The lowest BCUT2D eigenvalue weighted by molar-refractivity contribution is 0.296. The standard InChI is InChI=1S/C12H12INO2/c1-3-5-16-12-9(8-14)6-10(13)7-11(12)15-4-2/h3,6-7H,1,4-5H2,2H3. The summed E-state index contributed by atoms with van der Waals surface area (Å²) in [7, 11) is 0. The Kier molecular flexibility index (Phi) is 5.12. The van der Waals surface area contributed by atoms with Crippen molar-refractivity contribution in [2.24, 2.45) is 0 Å². The Hall–Kier alpha value is -1.22. The van der Waals surface area contributed by atoms with Crippen LogP contribution in [0, 0.1) is 14.9 Å². The second-order valence-electron chi connectivity index (χ2n) is 2.93. The smallest absolute Gasteiger partial charge is 0.179 e. The van der Waals surface area contributed by atoms with Gasteiger partial charge in [-0.25, -0.2) is 0 Å². The van der Waals surface area contributed by atoms with Crippen molar-refractivity contribution in [1.29, 1.82) is 5.26 Å². The first-order valence-electron chi connectivity index (χ1n) is 4.83. The maximum atomic E-state index is 9.02. The minimum absolute atomic E-state index is 0.356. The van der Waals surface area contributed by atoms with Crippen molar-refractivity contribution in [2.75, 3.05) is 13.2 Å². The summed E-state index contributed by atoms with van der Waals surface area (Å²) in [5.41, 5.74) is 0.484. The van der Waals surface area contributed by atoms with Gasteiger partial charge in [0.05, 0.1) is 12.2 Å². The van der Waals surface area contributed by atoms with Gasteiger partial charge in [-0.3, -0.25) is 0 Å². The Morgan fingerprint density at radius 3 is 2.81 bits per heavy atom. The summed E-state index contributed by atoms with van der Waals surface area (Å²) in [6.45, 7) is 6.36. The Labute approximate surface area is 109 Å². The molecule has 0 amide bonds. The minimum atomic E-state index is 0.356. The highest BCUT2D eigenvalue weighted by Crippen LogP contribution is 2.33. The highest BCUT2D eigenvalue weighted by Gasteiger charge is 2.12. The molecule has 1 aromatic rings. The van der Waals surface area contributed by atoms with Gasteiger partial charge < -0.3 is 9.47 Å². The van der Waals surface area contributed by atoms with E-state index in [-0.39, 0.29) is 0 Å². The van der Waals surface area contributed by atoms with Crippen LogP contribution < -0.4 is 9.47 Å². The Morgan fingerprint density at radius 1 is 1.50 bits per heavy atom. The SMILES string of the molecule is C=CCOc1c(C#N)cc(I)cc1OCC. The average Bonchev–Trinajstić information content (AvgIpc) is 2.27. The number of hydrogen-bond donors (Lipinski definition) is 0. The third kappa shape index (κ3) is 3.14. The van der Waals surface area contributed by atoms with Crippen LogP contribution in [0.4, 0.5) is 0 Å².